The van der Waals surface area contributed by atoms with Crippen LogP contribution in [0.3, 0.4) is 0 Å². The van der Waals surface area contributed by atoms with Gasteiger partial charge in [-0.2, -0.15) is 0 Å². The Morgan fingerprint density at radius 3 is 2.33 bits per heavy atom. The molecule has 0 aliphatic rings. The molecule has 0 bridgehead atoms. The minimum atomic E-state index is -1.36. The summed E-state index contributed by atoms with van der Waals surface area (Å²) in [6, 6.07) is 3.31. The molecule has 2 aromatic rings. The van der Waals surface area contributed by atoms with Crippen LogP contribution in [0.4, 0.5) is 8.78 Å². The molecule has 96 valence electrons. The van der Waals surface area contributed by atoms with Crippen molar-refractivity contribution in [2.75, 3.05) is 0 Å². The molecule has 0 aliphatic heterocycles. The van der Waals surface area contributed by atoms with Gasteiger partial charge in [0.15, 0.2) is 0 Å². The van der Waals surface area contributed by atoms with Crippen LogP contribution < -0.4 is 0 Å². The highest BCUT2D eigenvalue weighted by molar-refractivity contribution is 9.10. The lowest BCUT2D eigenvalue weighted by molar-refractivity contribution is 0.215. The van der Waals surface area contributed by atoms with Crippen molar-refractivity contribution < 1.29 is 13.9 Å². The highest BCUT2D eigenvalue weighted by Gasteiger charge is 2.21. The molecule has 2 rings (SSSR count). The molecule has 1 aromatic carbocycles. The number of aliphatic hydroxyl groups excluding tert-OH is 1. The summed E-state index contributed by atoms with van der Waals surface area (Å²) in [5, 5.41) is 10.0. The molecule has 0 aliphatic carbocycles. The molecule has 0 radical (unpaired) electrons. The van der Waals surface area contributed by atoms with Gasteiger partial charge < -0.3 is 5.11 Å². The molecular formula is C11H5BrCl2F2OS. The van der Waals surface area contributed by atoms with Gasteiger partial charge in [-0.05, 0) is 34.1 Å². The van der Waals surface area contributed by atoms with Crippen molar-refractivity contribution in [2.45, 2.75) is 6.10 Å². The number of hydrogen-bond acceptors (Lipinski definition) is 2. The maximum Gasteiger partial charge on any atom is 0.137 e. The average molecular weight is 374 g/mol. The van der Waals surface area contributed by atoms with Gasteiger partial charge in [-0.25, -0.2) is 8.78 Å². The van der Waals surface area contributed by atoms with Crippen LogP contribution in [-0.4, -0.2) is 5.11 Å². The summed E-state index contributed by atoms with van der Waals surface area (Å²) in [5.74, 6) is -1.39. The number of aliphatic hydroxyl groups is 1. The second-order valence-corrected chi connectivity index (χ2v) is 6.61. The fourth-order valence-corrected chi connectivity index (χ4v) is 3.29. The molecule has 0 fully saturated rings. The van der Waals surface area contributed by atoms with Crippen molar-refractivity contribution in [2.24, 2.45) is 0 Å². The van der Waals surface area contributed by atoms with Gasteiger partial charge in [0.1, 0.15) is 22.1 Å². The van der Waals surface area contributed by atoms with Crippen LogP contribution >= 0.6 is 50.5 Å². The first-order valence-electron chi connectivity index (χ1n) is 4.67. The van der Waals surface area contributed by atoms with Crippen LogP contribution in [0.15, 0.2) is 22.7 Å². The summed E-state index contributed by atoms with van der Waals surface area (Å²) >= 11 is 15.5. The lowest BCUT2D eigenvalue weighted by Crippen LogP contribution is -2.03. The summed E-state index contributed by atoms with van der Waals surface area (Å²) in [6.07, 6.45) is -1.36. The fourth-order valence-electron chi connectivity index (χ4n) is 1.45. The molecule has 7 heteroatoms. The minimum absolute atomic E-state index is 0.00889. The SMILES string of the molecule is OC(c1cc(F)c(Br)cc1F)c1cc(Cl)sc1Cl. The van der Waals surface area contributed by atoms with Crippen LogP contribution in [0.1, 0.15) is 17.2 Å². The van der Waals surface area contributed by atoms with Crippen LogP contribution in [0.5, 0.6) is 0 Å². The molecule has 1 nitrogen and oxygen atoms in total. The van der Waals surface area contributed by atoms with Gasteiger partial charge in [-0.15, -0.1) is 11.3 Å². The van der Waals surface area contributed by atoms with Crippen molar-refractivity contribution in [3.8, 4) is 0 Å². The van der Waals surface area contributed by atoms with Gasteiger partial charge >= 0.3 is 0 Å². The number of thiophene rings is 1. The standard InChI is InChI=1S/C11H5BrCl2F2OS/c12-6-3-7(15)4(1-8(6)16)10(17)5-2-9(13)18-11(5)14/h1-3,10,17H. The molecule has 1 heterocycles. The Labute approximate surface area is 124 Å². The van der Waals surface area contributed by atoms with Crippen LogP contribution in [0, 0.1) is 11.6 Å². The van der Waals surface area contributed by atoms with E-state index in [0.29, 0.717) is 4.34 Å². The highest BCUT2D eigenvalue weighted by Crippen LogP contribution is 2.38. The maximum atomic E-state index is 13.7. The quantitative estimate of drug-likeness (QED) is 0.719. The third-order valence-corrected chi connectivity index (χ3v) is 4.44. The van der Waals surface area contributed by atoms with Crippen molar-refractivity contribution >= 4 is 50.5 Å². The molecular weight excluding hydrogens is 369 g/mol. The summed E-state index contributed by atoms with van der Waals surface area (Å²) < 4.78 is 27.6. The van der Waals surface area contributed by atoms with Crippen LogP contribution in [-0.2, 0) is 0 Å². The largest absolute Gasteiger partial charge is 0.383 e. The molecule has 0 saturated heterocycles. The van der Waals surface area contributed by atoms with Crippen molar-refractivity contribution in [1.29, 1.82) is 0 Å². The Hall–Kier alpha value is -0.200. The molecule has 1 aromatic heterocycles. The molecule has 1 N–H and O–H groups in total. The van der Waals surface area contributed by atoms with Gasteiger partial charge in [0, 0.05) is 11.1 Å². The van der Waals surface area contributed by atoms with Crippen LogP contribution in [0.25, 0.3) is 0 Å². The van der Waals surface area contributed by atoms with Crippen molar-refractivity contribution in [3.05, 3.63) is 54.1 Å². The third-order valence-electron chi connectivity index (χ3n) is 2.31. The summed E-state index contributed by atoms with van der Waals surface area (Å²) in [7, 11) is 0. The normalized spacial score (nSPS) is 12.8. The molecule has 0 amide bonds. The van der Waals surface area contributed by atoms with Gasteiger partial charge in [-0.1, -0.05) is 23.2 Å². The molecule has 1 atom stereocenters. The first-order valence-corrected chi connectivity index (χ1v) is 7.04. The maximum absolute atomic E-state index is 13.7. The van der Waals surface area contributed by atoms with E-state index in [2.05, 4.69) is 15.9 Å². The van der Waals surface area contributed by atoms with E-state index in [9.17, 15) is 13.9 Å². The van der Waals surface area contributed by atoms with Crippen LogP contribution in [0.2, 0.25) is 8.67 Å². The third kappa shape index (κ3) is 2.70. The van der Waals surface area contributed by atoms with Gasteiger partial charge in [0.05, 0.1) is 8.81 Å². The summed E-state index contributed by atoms with van der Waals surface area (Å²) in [5.41, 5.74) is 0.0688. The van der Waals surface area contributed by atoms with E-state index < -0.39 is 17.7 Å². The molecule has 1 unspecified atom stereocenters. The van der Waals surface area contributed by atoms with E-state index >= 15 is 0 Å². The highest BCUT2D eigenvalue weighted by atomic mass is 79.9. The zero-order valence-corrected chi connectivity index (χ0v) is 12.5. The van der Waals surface area contributed by atoms with E-state index in [0.717, 1.165) is 23.5 Å². The smallest absolute Gasteiger partial charge is 0.137 e. The first-order chi connectivity index (χ1) is 8.40. The molecule has 0 saturated carbocycles. The first kappa shape index (κ1) is 14.2. The number of halogens is 5. The Bertz CT molecular complexity index is 603. The van der Waals surface area contributed by atoms with E-state index in [1.807, 2.05) is 0 Å². The van der Waals surface area contributed by atoms with Crippen molar-refractivity contribution in [3.63, 3.8) is 0 Å². The lowest BCUT2D eigenvalue weighted by atomic mass is 10.0. The summed E-state index contributed by atoms with van der Waals surface area (Å²) in [6.45, 7) is 0. The van der Waals surface area contributed by atoms with E-state index in [1.165, 1.54) is 6.07 Å². The Balaban J connectivity index is 2.49. The summed E-state index contributed by atoms with van der Waals surface area (Å²) in [4.78, 5) is 0. The average Bonchev–Trinajstić information content (AvgIpc) is 2.62. The monoisotopic (exact) mass is 372 g/mol. The molecule has 18 heavy (non-hydrogen) atoms. The second kappa shape index (κ2) is 5.43. The minimum Gasteiger partial charge on any atom is -0.383 e. The Morgan fingerprint density at radius 1 is 1.11 bits per heavy atom. The van der Waals surface area contributed by atoms with Gasteiger partial charge in [0.2, 0.25) is 0 Å². The van der Waals surface area contributed by atoms with E-state index in [1.54, 1.807) is 0 Å². The fraction of sp³-hybridized carbons (Fsp3) is 0.0909. The number of rotatable bonds is 2. The predicted octanol–water partition coefficient (Wildman–Crippen LogP) is 5.18. The topological polar surface area (TPSA) is 20.2 Å². The molecule has 0 spiro atoms. The van der Waals surface area contributed by atoms with E-state index in [4.69, 9.17) is 23.2 Å². The second-order valence-electron chi connectivity index (χ2n) is 3.47. The zero-order valence-electron chi connectivity index (χ0n) is 8.55. The van der Waals surface area contributed by atoms with Crippen molar-refractivity contribution in [1.82, 2.24) is 0 Å². The van der Waals surface area contributed by atoms with Gasteiger partial charge in [0.25, 0.3) is 0 Å². The Morgan fingerprint density at radius 2 is 1.78 bits per heavy atom. The lowest BCUT2D eigenvalue weighted by Gasteiger charge is -2.12. The zero-order chi connectivity index (χ0) is 13.4. The number of benzene rings is 1. The predicted molar refractivity (Wildman–Crippen MR) is 72.5 cm³/mol. The van der Waals surface area contributed by atoms with E-state index in [-0.39, 0.29) is 19.9 Å². The van der Waals surface area contributed by atoms with Gasteiger partial charge in [-0.3, -0.25) is 0 Å². The number of hydrogen-bond donors (Lipinski definition) is 1. The Kier molecular flexibility index (Phi) is 4.29.